The minimum absolute atomic E-state index is 0.00412. The largest absolute Gasteiger partial charge is 0.398 e. The van der Waals surface area contributed by atoms with Crippen LogP contribution in [-0.2, 0) is 10.0 Å². The molecule has 0 saturated heterocycles. The number of nitrogens with two attached hydrogens (primary N) is 1. The topological polar surface area (TPSA) is 72.2 Å². The fraction of sp³-hybridized carbons (Fsp3) is 0.600. The Hall–Kier alpha value is -1.07. The molecule has 3 atom stereocenters. The lowest BCUT2D eigenvalue weighted by molar-refractivity contribution is 0.227. The first-order valence-electron chi connectivity index (χ1n) is 7.19. The Labute approximate surface area is 121 Å². The second-order valence-electron chi connectivity index (χ2n) is 6.04. The molecule has 0 radical (unpaired) electrons. The van der Waals surface area contributed by atoms with Gasteiger partial charge in [-0.25, -0.2) is 13.1 Å². The number of sulfonamides is 1. The molecule has 0 aromatic heterocycles. The van der Waals surface area contributed by atoms with Crippen LogP contribution in [0.3, 0.4) is 0 Å². The Morgan fingerprint density at radius 2 is 1.95 bits per heavy atom. The number of hydrogen-bond donors (Lipinski definition) is 2. The molecule has 5 heteroatoms. The minimum atomic E-state index is -3.54. The number of nitrogen functional groups attached to an aromatic ring is 1. The fourth-order valence-electron chi connectivity index (χ4n) is 2.92. The zero-order valence-electron chi connectivity index (χ0n) is 12.4. The lowest BCUT2D eigenvalue weighted by atomic mass is 9.78. The Balaban J connectivity index is 2.22. The summed E-state index contributed by atoms with van der Waals surface area (Å²) in [6, 6.07) is 5.06. The maximum Gasteiger partial charge on any atom is 0.242 e. The average Bonchev–Trinajstić information content (AvgIpc) is 2.34. The Morgan fingerprint density at radius 1 is 1.25 bits per heavy atom. The molecule has 1 aliphatic carbocycles. The molecule has 3 unspecified atom stereocenters. The van der Waals surface area contributed by atoms with Crippen LogP contribution in [0.15, 0.2) is 23.1 Å². The molecule has 0 spiro atoms. The van der Waals surface area contributed by atoms with E-state index in [-0.39, 0.29) is 10.9 Å². The van der Waals surface area contributed by atoms with Gasteiger partial charge in [0.1, 0.15) is 4.90 Å². The highest BCUT2D eigenvalue weighted by Gasteiger charge is 2.31. The van der Waals surface area contributed by atoms with Gasteiger partial charge in [0.25, 0.3) is 0 Å². The smallest absolute Gasteiger partial charge is 0.242 e. The number of hydrogen-bond acceptors (Lipinski definition) is 3. The molecule has 112 valence electrons. The van der Waals surface area contributed by atoms with Crippen molar-refractivity contribution in [2.24, 2.45) is 11.8 Å². The van der Waals surface area contributed by atoms with Gasteiger partial charge in [-0.3, -0.25) is 0 Å². The molecule has 0 amide bonds. The van der Waals surface area contributed by atoms with Crippen molar-refractivity contribution in [3.63, 3.8) is 0 Å². The maximum absolute atomic E-state index is 12.5. The molecule has 1 fully saturated rings. The summed E-state index contributed by atoms with van der Waals surface area (Å²) in [4.78, 5) is 0.188. The number of nitrogens with one attached hydrogen (secondary N) is 1. The summed E-state index contributed by atoms with van der Waals surface area (Å²) >= 11 is 0. The zero-order valence-corrected chi connectivity index (χ0v) is 13.2. The summed E-state index contributed by atoms with van der Waals surface area (Å²) in [5, 5.41) is 0. The molecule has 1 saturated carbocycles. The number of rotatable bonds is 3. The normalized spacial score (nSPS) is 27.4. The molecule has 0 heterocycles. The van der Waals surface area contributed by atoms with Crippen molar-refractivity contribution in [3.8, 4) is 0 Å². The first-order chi connectivity index (χ1) is 9.31. The molecule has 0 bridgehead atoms. The monoisotopic (exact) mass is 296 g/mol. The zero-order chi connectivity index (χ0) is 14.9. The van der Waals surface area contributed by atoms with E-state index >= 15 is 0 Å². The molecule has 4 nitrogen and oxygen atoms in total. The molecule has 1 aliphatic rings. The van der Waals surface area contributed by atoms with E-state index in [2.05, 4.69) is 18.6 Å². The van der Waals surface area contributed by atoms with Gasteiger partial charge in [-0.2, -0.15) is 0 Å². The number of anilines is 1. The summed E-state index contributed by atoms with van der Waals surface area (Å²) in [5.41, 5.74) is 7.13. The number of aryl methyl sites for hydroxylation is 1. The van der Waals surface area contributed by atoms with Crippen LogP contribution in [0.25, 0.3) is 0 Å². The molecule has 1 aromatic carbocycles. The molecular weight excluding hydrogens is 272 g/mol. The van der Waals surface area contributed by atoms with Crippen molar-refractivity contribution in [1.82, 2.24) is 4.72 Å². The van der Waals surface area contributed by atoms with E-state index in [0.717, 1.165) is 18.4 Å². The van der Waals surface area contributed by atoms with Crippen LogP contribution < -0.4 is 10.5 Å². The van der Waals surface area contributed by atoms with E-state index in [1.807, 2.05) is 6.92 Å². The minimum Gasteiger partial charge on any atom is -0.398 e. The van der Waals surface area contributed by atoms with E-state index in [9.17, 15) is 8.42 Å². The Kier molecular flexibility index (Phi) is 4.39. The van der Waals surface area contributed by atoms with Gasteiger partial charge >= 0.3 is 0 Å². The third kappa shape index (κ3) is 3.15. The molecule has 20 heavy (non-hydrogen) atoms. The van der Waals surface area contributed by atoms with Crippen molar-refractivity contribution < 1.29 is 8.42 Å². The second kappa shape index (κ2) is 5.74. The van der Waals surface area contributed by atoms with E-state index in [0.29, 0.717) is 17.5 Å². The Bertz CT molecular complexity index is 584. The van der Waals surface area contributed by atoms with Gasteiger partial charge in [-0.1, -0.05) is 32.8 Å². The number of benzene rings is 1. The van der Waals surface area contributed by atoms with Gasteiger partial charge in [-0.05, 0) is 42.9 Å². The standard InChI is InChI=1S/C15H24N2O2S/c1-10-7-8-15(13(16)9-10)20(18,19)17-14-6-4-5-11(2)12(14)3/h7-9,11-12,14,17H,4-6,16H2,1-3H3. The van der Waals surface area contributed by atoms with E-state index in [1.54, 1.807) is 18.2 Å². The van der Waals surface area contributed by atoms with Crippen LogP contribution in [0.4, 0.5) is 5.69 Å². The quantitative estimate of drug-likeness (QED) is 0.842. The van der Waals surface area contributed by atoms with E-state index in [4.69, 9.17) is 5.73 Å². The van der Waals surface area contributed by atoms with Gasteiger partial charge in [0.15, 0.2) is 0 Å². The summed E-state index contributed by atoms with van der Waals surface area (Å²) in [6.45, 7) is 6.20. The molecule has 0 aliphatic heterocycles. The van der Waals surface area contributed by atoms with Gasteiger partial charge in [0, 0.05) is 6.04 Å². The first kappa shape index (κ1) is 15.3. The highest BCUT2D eigenvalue weighted by atomic mass is 32.2. The molecule has 2 rings (SSSR count). The SMILES string of the molecule is Cc1ccc(S(=O)(=O)NC2CCCC(C)C2C)c(N)c1. The highest BCUT2D eigenvalue weighted by molar-refractivity contribution is 7.89. The molecule has 1 aromatic rings. The third-order valence-corrected chi connectivity index (χ3v) is 6.03. The predicted octanol–water partition coefficient (Wildman–Crippen LogP) is 2.68. The van der Waals surface area contributed by atoms with Gasteiger partial charge in [0.05, 0.1) is 5.69 Å². The van der Waals surface area contributed by atoms with Crippen LogP contribution in [0.2, 0.25) is 0 Å². The van der Waals surface area contributed by atoms with Crippen molar-refractivity contribution in [2.75, 3.05) is 5.73 Å². The molecular formula is C15H24N2O2S. The van der Waals surface area contributed by atoms with Crippen LogP contribution in [-0.4, -0.2) is 14.5 Å². The van der Waals surface area contributed by atoms with E-state index < -0.39 is 10.0 Å². The average molecular weight is 296 g/mol. The lowest BCUT2D eigenvalue weighted by Gasteiger charge is -2.34. The third-order valence-electron chi connectivity index (χ3n) is 4.47. The van der Waals surface area contributed by atoms with Crippen molar-refractivity contribution in [2.45, 2.75) is 51.0 Å². The van der Waals surface area contributed by atoms with Gasteiger partial charge in [0.2, 0.25) is 10.0 Å². The fourth-order valence-corrected chi connectivity index (χ4v) is 4.40. The van der Waals surface area contributed by atoms with Gasteiger partial charge < -0.3 is 5.73 Å². The van der Waals surface area contributed by atoms with Crippen molar-refractivity contribution in [3.05, 3.63) is 23.8 Å². The maximum atomic E-state index is 12.5. The van der Waals surface area contributed by atoms with Gasteiger partial charge in [-0.15, -0.1) is 0 Å². The predicted molar refractivity (Wildman–Crippen MR) is 81.9 cm³/mol. The summed E-state index contributed by atoms with van der Waals surface area (Å²) < 4.78 is 27.8. The lowest BCUT2D eigenvalue weighted by Crippen LogP contribution is -2.43. The van der Waals surface area contributed by atoms with Crippen molar-refractivity contribution in [1.29, 1.82) is 0 Å². The van der Waals surface area contributed by atoms with Crippen LogP contribution in [0, 0.1) is 18.8 Å². The highest BCUT2D eigenvalue weighted by Crippen LogP contribution is 2.31. The van der Waals surface area contributed by atoms with Crippen LogP contribution in [0.1, 0.15) is 38.7 Å². The van der Waals surface area contributed by atoms with E-state index in [1.165, 1.54) is 6.42 Å². The second-order valence-corrected chi connectivity index (χ2v) is 7.72. The Morgan fingerprint density at radius 3 is 2.60 bits per heavy atom. The van der Waals surface area contributed by atoms with Crippen molar-refractivity contribution >= 4 is 15.7 Å². The first-order valence-corrected chi connectivity index (χ1v) is 8.68. The summed E-state index contributed by atoms with van der Waals surface area (Å²) in [6.07, 6.45) is 3.14. The summed E-state index contributed by atoms with van der Waals surface area (Å²) in [5.74, 6) is 0.900. The van der Waals surface area contributed by atoms with Crippen LogP contribution >= 0.6 is 0 Å². The van der Waals surface area contributed by atoms with Crippen LogP contribution in [0.5, 0.6) is 0 Å². The summed E-state index contributed by atoms with van der Waals surface area (Å²) in [7, 11) is -3.54. The molecule has 3 N–H and O–H groups in total.